The molecule has 1 aromatic rings. The van der Waals surface area contributed by atoms with Gasteiger partial charge in [0.2, 0.25) is 0 Å². The van der Waals surface area contributed by atoms with Gasteiger partial charge in [-0.3, -0.25) is 10.1 Å². The van der Waals surface area contributed by atoms with Gasteiger partial charge in [0.05, 0.1) is 4.92 Å². The molecule has 0 saturated heterocycles. The Hall–Kier alpha value is -1.20. The van der Waals surface area contributed by atoms with Crippen molar-refractivity contribution in [1.82, 2.24) is 5.32 Å². The molecule has 1 aromatic heterocycles. The summed E-state index contributed by atoms with van der Waals surface area (Å²) in [5.74, 6) is 0. The van der Waals surface area contributed by atoms with Gasteiger partial charge in [-0.25, -0.2) is 0 Å². The van der Waals surface area contributed by atoms with Crippen LogP contribution < -0.4 is 5.32 Å². The van der Waals surface area contributed by atoms with Gasteiger partial charge in [-0.1, -0.05) is 23.5 Å². The number of nitro groups is 1. The van der Waals surface area contributed by atoms with Crippen LogP contribution in [0.1, 0.15) is 12.5 Å². The predicted molar refractivity (Wildman–Crippen MR) is 57.5 cm³/mol. The highest BCUT2D eigenvalue weighted by atomic mass is 32.1. The third-order valence-electron chi connectivity index (χ3n) is 1.58. The van der Waals surface area contributed by atoms with E-state index in [1.54, 1.807) is 11.4 Å². The summed E-state index contributed by atoms with van der Waals surface area (Å²) >= 11 is 1.15. The molecule has 1 N–H and O–H groups in total. The third kappa shape index (κ3) is 3.27. The number of thiophene rings is 1. The van der Waals surface area contributed by atoms with Crippen molar-refractivity contribution in [1.29, 1.82) is 0 Å². The van der Waals surface area contributed by atoms with E-state index in [-0.39, 0.29) is 9.92 Å². The molecule has 0 unspecified atom stereocenters. The molecule has 0 saturated carbocycles. The molecule has 4 nitrogen and oxygen atoms in total. The van der Waals surface area contributed by atoms with Crippen LogP contribution in [0.5, 0.6) is 0 Å². The number of rotatable bonds is 5. The zero-order valence-corrected chi connectivity index (χ0v) is 8.76. The number of hydrogen-bond acceptors (Lipinski definition) is 4. The van der Waals surface area contributed by atoms with Crippen molar-refractivity contribution in [2.75, 3.05) is 6.54 Å². The molecule has 76 valence electrons. The number of hydrogen-bond donors (Lipinski definition) is 1. The van der Waals surface area contributed by atoms with E-state index < -0.39 is 0 Å². The van der Waals surface area contributed by atoms with Crippen molar-refractivity contribution >= 4 is 16.3 Å². The molecule has 0 aliphatic carbocycles. The lowest BCUT2D eigenvalue weighted by atomic mass is 10.3. The van der Waals surface area contributed by atoms with Gasteiger partial charge in [0, 0.05) is 24.5 Å². The first-order valence-corrected chi connectivity index (χ1v) is 5.04. The predicted octanol–water partition coefficient (Wildman–Crippen LogP) is 2.32. The normalized spacial score (nSPS) is 10.1. The summed E-state index contributed by atoms with van der Waals surface area (Å²) in [6, 6.07) is 1.59. The van der Waals surface area contributed by atoms with Crippen LogP contribution in [-0.4, -0.2) is 11.5 Å². The topological polar surface area (TPSA) is 55.2 Å². The maximum absolute atomic E-state index is 10.4. The molecular weight excluding hydrogens is 200 g/mol. The lowest BCUT2D eigenvalue weighted by Gasteiger charge is -2.00. The zero-order chi connectivity index (χ0) is 10.6. The van der Waals surface area contributed by atoms with E-state index in [4.69, 9.17) is 0 Å². The van der Waals surface area contributed by atoms with Gasteiger partial charge in [-0.05, 0) is 12.5 Å². The molecule has 0 bridgehead atoms. The molecule has 0 fully saturated rings. The Balaban J connectivity index is 2.44. The first-order chi connectivity index (χ1) is 6.59. The lowest BCUT2D eigenvalue weighted by Crippen LogP contribution is -2.14. The van der Waals surface area contributed by atoms with Crippen LogP contribution in [-0.2, 0) is 6.54 Å². The summed E-state index contributed by atoms with van der Waals surface area (Å²) in [5, 5.41) is 15.5. The van der Waals surface area contributed by atoms with Crippen LogP contribution in [0.15, 0.2) is 23.6 Å². The van der Waals surface area contributed by atoms with Gasteiger partial charge in [0.1, 0.15) is 0 Å². The van der Waals surface area contributed by atoms with Crippen molar-refractivity contribution in [2.24, 2.45) is 0 Å². The van der Waals surface area contributed by atoms with E-state index >= 15 is 0 Å². The van der Waals surface area contributed by atoms with E-state index in [0.29, 0.717) is 6.54 Å². The largest absolute Gasteiger partial charge is 0.324 e. The lowest BCUT2D eigenvalue weighted by molar-refractivity contribution is -0.380. The second-order valence-corrected chi connectivity index (χ2v) is 4.00. The molecule has 1 rings (SSSR count). The van der Waals surface area contributed by atoms with Gasteiger partial charge in [-0.15, -0.1) is 0 Å². The maximum atomic E-state index is 10.4. The molecule has 0 aromatic carbocycles. The summed E-state index contributed by atoms with van der Waals surface area (Å²) in [4.78, 5) is 10.0. The quantitative estimate of drug-likeness (QED) is 0.463. The molecule has 5 heteroatoms. The van der Waals surface area contributed by atoms with E-state index in [1.165, 1.54) is 0 Å². The minimum atomic E-state index is -0.368. The van der Waals surface area contributed by atoms with Gasteiger partial charge < -0.3 is 5.32 Å². The van der Waals surface area contributed by atoms with Crippen LogP contribution >= 0.6 is 11.3 Å². The second-order valence-electron chi connectivity index (χ2n) is 3.11. The summed E-state index contributed by atoms with van der Waals surface area (Å²) in [6.45, 7) is 7.07. The smallest absolute Gasteiger partial charge is 0.309 e. The molecule has 0 aliphatic heterocycles. The van der Waals surface area contributed by atoms with Crippen LogP contribution in [0.2, 0.25) is 0 Å². The van der Waals surface area contributed by atoms with Crippen LogP contribution in [0.25, 0.3) is 0 Å². The van der Waals surface area contributed by atoms with E-state index in [9.17, 15) is 10.1 Å². The van der Waals surface area contributed by atoms with Crippen LogP contribution in [0.3, 0.4) is 0 Å². The minimum absolute atomic E-state index is 0.192. The van der Waals surface area contributed by atoms with Crippen molar-refractivity contribution in [3.05, 3.63) is 39.3 Å². The summed E-state index contributed by atoms with van der Waals surface area (Å²) in [5.41, 5.74) is 2.00. The Bertz CT molecular complexity index is 346. The molecular formula is C9H12N2O2S. The highest BCUT2D eigenvalue weighted by Crippen LogP contribution is 2.22. The Morgan fingerprint density at radius 3 is 3.00 bits per heavy atom. The average Bonchev–Trinajstić information content (AvgIpc) is 2.52. The maximum Gasteiger partial charge on any atom is 0.324 e. The van der Waals surface area contributed by atoms with Gasteiger partial charge >= 0.3 is 5.00 Å². The molecule has 0 radical (unpaired) electrons. The summed E-state index contributed by atoms with van der Waals surface area (Å²) < 4.78 is 0. The molecule has 1 heterocycles. The van der Waals surface area contributed by atoms with E-state index in [0.717, 1.165) is 29.0 Å². The third-order valence-corrected chi connectivity index (χ3v) is 2.50. The fourth-order valence-electron chi connectivity index (χ4n) is 0.971. The molecule has 14 heavy (non-hydrogen) atoms. The first-order valence-electron chi connectivity index (χ1n) is 4.16. The zero-order valence-electron chi connectivity index (χ0n) is 7.95. The van der Waals surface area contributed by atoms with Crippen molar-refractivity contribution < 1.29 is 4.92 Å². The Morgan fingerprint density at radius 1 is 1.79 bits per heavy atom. The fraction of sp³-hybridized carbons (Fsp3) is 0.333. The Labute approximate surface area is 86.4 Å². The van der Waals surface area contributed by atoms with E-state index in [2.05, 4.69) is 11.9 Å². The van der Waals surface area contributed by atoms with Crippen LogP contribution in [0.4, 0.5) is 5.00 Å². The highest BCUT2D eigenvalue weighted by Gasteiger charge is 2.08. The first kappa shape index (κ1) is 10.9. The molecule has 0 amide bonds. The van der Waals surface area contributed by atoms with Crippen molar-refractivity contribution in [2.45, 2.75) is 13.5 Å². The minimum Gasteiger partial charge on any atom is -0.309 e. The fourth-order valence-corrected chi connectivity index (χ4v) is 1.70. The van der Waals surface area contributed by atoms with Gasteiger partial charge in [0.15, 0.2) is 0 Å². The summed E-state index contributed by atoms with van der Waals surface area (Å²) in [7, 11) is 0. The summed E-state index contributed by atoms with van der Waals surface area (Å²) in [6.07, 6.45) is 0. The molecule has 0 aliphatic rings. The van der Waals surface area contributed by atoms with Gasteiger partial charge in [0.25, 0.3) is 0 Å². The highest BCUT2D eigenvalue weighted by molar-refractivity contribution is 7.13. The van der Waals surface area contributed by atoms with Crippen molar-refractivity contribution in [3.8, 4) is 0 Å². The standard InChI is InChI=1S/C9H12N2O2S/c1-7(2)4-10-5-8-3-9(11(12)13)14-6-8/h3,6,10H,1,4-5H2,2H3. The Kier molecular flexibility index (Phi) is 3.79. The molecule has 0 spiro atoms. The van der Waals surface area contributed by atoms with Crippen molar-refractivity contribution in [3.63, 3.8) is 0 Å². The second kappa shape index (κ2) is 4.88. The SMILES string of the molecule is C=C(C)CNCc1csc([N+](=O)[O-])c1. The number of nitrogens with zero attached hydrogens (tertiary/aromatic N) is 1. The monoisotopic (exact) mass is 212 g/mol. The molecule has 0 atom stereocenters. The number of nitrogens with one attached hydrogen (secondary N) is 1. The van der Waals surface area contributed by atoms with Gasteiger partial charge in [-0.2, -0.15) is 0 Å². The van der Waals surface area contributed by atoms with Crippen LogP contribution in [0, 0.1) is 10.1 Å². The Morgan fingerprint density at radius 2 is 2.50 bits per heavy atom. The van der Waals surface area contributed by atoms with E-state index in [1.807, 2.05) is 6.92 Å². The average molecular weight is 212 g/mol.